The summed E-state index contributed by atoms with van der Waals surface area (Å²) in [5.41, 5.74) is 0. The van der Waals surface area contributed by atoms with Gasteiger partial charge in [0, 0.05) is 18.7 Å². The van der Waals surface area contributed by atoms with Gasteiger partial charge in [-0.15, -0.1) is 0 Å². The van der Waals surface area contributed by atoms with Gasteiger partial charge in [-0.1, -0.05) is 6.92 Å². The van der Waals surface area contributed by atoms with E-state index in [0.29, 0.717) is 5.75 Å². The molecule has 17 heavy (non-hydrogen) atoms. The monoisotopic (exact) mass is 258 g/mol. The van der Waals surface area contributed by atoms with Crippen molar-refractivity contribution in [1.29, 1.82) is 0 Å². The normalized spacial score (nSPS) is 26.1. The second-order valence-corrected chi connectivity index (χ2v) is 5.27. The number of hydrogen-bond donors (Lipinski definition) is 3. The van der Waals surface area contributed by atoms with E-state index >= 15 is 0 Å². The van der Waals surface area contributed by atoms with E-state index in [-0.39, 0.29) is 17.9 Å². The summed E-state index contributed by atoms with van der Waals surface area (Å²) in [6, 6.07) is -0.259. The number of carbonyl (C=O) groups is 2. The predicted octanol–water partition coefficient (Wildman–Crippen LogP) is 1.12. The quantitative estimate of drug-likeness (QED) is 0.662. The summed E-state index contributed by atoms with van der Waals surface area (Å²) < 4.78 is 0. The molecule has 4 nitrogen and oxygen atoms in total. The molecule has 0 heterocycles. The Morgan fingerprint density at radius 1 is 1.29 bits per heavy atom. The van der Waals surface area contributed by atoms with Crippen LogP contribution in [0.15, 0.2) is 0 Å². The van der Waals surface area contributed by atoms with E-state index in [2.05, 4.69) is 30.2 Å². The van der Waals surface area contributed by atoms with Gasteiger partial charge in [-0.05, 0) is 31.6 Å². The van der Waals surface area contributed by atoms with Crippen molar-refractivity contribution in [2.45, 2.75) is 51.6 Å². The molecule has 0 radical (unpaired) electrons. The minimum atomic E-state index is -0.518. The summed E-state index contributed by atoms with van der Waals surface area (Å²) in [6.45, 7) is 3.65. The summed E-state index contributed by atoms with van der Waals surface area (Å²) in [5.74, 6) is 0.777. The average Bonchev–Trinajstić information content (AvgIpc) is 2.28. The summed E-state index contributed by atoms with van der Waals surface area (Å²) >= 11 is 4.09. The van der Waals surface area contributed by atoms with E-state index in [1.165, 1.54) is 6.92 Å². The van der Waals surface area contributed by atoms with Crippen LogP contribution in [0, 0.1) is 5.92 Å². The van der Waals surface area contributed by atoms with Crippen LogP contribution in [0.3, 0.4) is 0 Å². The van der Waals surface area contributed by atoms with Crippen LogP contribution in [0.5, 0.6) is 0 Å². The van der Waals surface area contributed by atoms with E-state index in [9.17, 15) is 9.59 Å². The third-order valence-electron chi connectivity index (χ3n) is 3.24. The molecule has 0 saturated heterocycles. The Morgan fingerprint density at radius 2 is 1.88 bits per heavy atom. The van der Waals surface area contributed by atoms with E-state index in [0.717, 1.165) is 31.6 Å². The van der Waals surface area contributed by atoms with E-state index in [4.69, 9.17) is 0 Å². The maximum atomic E-state index is 11.9. The van der Waals surface area contributed by atoms with Crippen LogP contribution < -0.4 is 10.6 Å². The van der Waals surface area contributed by atoms with Crippen LogP contribution in [0.4, 0.5) is 0 Å². The Kier molecular flexibility index (Phi) is 5.82. The lowest BCUT2D eigenvalue weighted by atomic mass is 9.87. The standard InChI is InChI=1S/C12H22N2O2S/c1-8-3-5-10(6-4-8)14-12(16)11(7-17)13-9(2)15/h8,10-11,17H,3-7H2,1-2H3,(H,13,15)(H,14,16). The Labute approximate surface area is 108 Å². The molecule has 1 aliphatic carbocycles. The summed E-state index contributed by atoms with van der Waals surface area (Å²) in [5, 5.41) is 5.59. The lowest BCUT2D eigenvalue weighted by Gasteiger charge is -2.28. The van der Waals surface area contributed by atoms with Gasteiger partial charge >= 0.3 is 0 Å². The zero-order chi connectivity index (χ0) is 12.8. The summed E-state index contributed by atoms with van der Waals surface area (Å²) in [7, 11) is 0. The number of thiol groups is 1. The molecular weight excluding hydrogens is 236 g/mol. The smallest absolute Gasteiger partial charge is 0.243 e. The highest BCUT2D eigenvalue weighted by Crippen LogP contribution is 2.23. The highest BCUT2D eigenvalue weighted by atomic mass is 32.1. The summed E-state index contributed by atoms with van der Waals surface area (Å²) in [4.78, 5) is 22.8. The molecule has 2 N–H and O–H groups in total. The fourth-order valence-electron chi connectivity index (χ4n) is 2.15. The van der Waals surface area contributed by atoms with E-state index in [1.54, 1.807) is 0 Å². The third-order valence-corrected chi connectivity index (χ3v) is 3.60. The molecule has 2 amide bonds. The first-order valence-corrected chi connectivity index (χ1v) is 6.84. The molecule has 0 aromatic carbocycles. The number of amides is 2. The Hall–Kier alpha value is -0.710. The predicted molar refractivity (Wildman–Crippen MR) is 71.0 cm³/mol. The van der Waals surface area contributed by atoms with Crippen molar-refractivity contribution in [2.75, 3.05) is 5.75 Å². The Morgan fingerprint density at radius 3 is 2.35 bits per heavy atom. The molecule has 1 saturated carbocycles. The van der Waals surface area contributed by atoms with Crippen molar-refractivity contribution in [3.05, 3.63) is 0 Å². The zero-order valence-electron chi connectivity index (χ0n) is 10.5. The fraction of sp³-hybridized carbons (Fsp3) is 0.833. The highest BCUT2D eigenvalue weighted by Gasteiger charge is 2.23. The van der Waals surface area contributed by atoms with Crippen molar-refractivity contribution in [2.24, 2.45) is 5.92 Å². The van der Waals surface area contributed by atoms with Gasteiger partial charge in [-0.3, -0.25) is 9.59 Å². The van der Waals surface area contributed by atoms with Crippen molar-refractivity contribution in [3.63, 3.8) is 0 Å². The molecule has 98 valence electrons. The van der Waals surface area contributed by atoms with Gasteiger partial charge in [0.15, 0.2) is 0 Å². The first-order chi connectivity index (χ1) is 8.02. The SMILES string of the molecule is CC(=O)NC(CS)C(=O)NC1CCC(C)CC1. The van der Waals surface area contributed by atoms with Gasteiger partial charge in [-0.2, -0.15) is 12.6 Å². The van der Waals surface area contributed by atoms with Crippen LogP contribution in [-0.4, -0.2) is 29.7 Å². The minimum Gasteiger partial charge on any atom is -0.352 e. The van der Waals surface area contributed by atoms with Gasteiger partial charge < -0.3 is 10.6 Å². The molecule has 0 bridgehead atoms. The Balaban J connectivity index is 2.38. The fourth-order valence-corrected chi connectivity index (χ4v) is 2.40. The molecule has 5 heteroatoms. The number of carbonyl (C=O) groups excluding carboxylic acids is 2. The molecular formula is C12H22N2O2S. The maximum absolute atomic E-state index is 11.9. The number of rotatable bonds is 4. The van der Waals surface area contributed by atoms with Crippen LogP contribution in [0.25, 0.3) is 0 Å². The van der Waals surface area contributed by atoms with Gasteiger partial charge in [-0.25, -0.2) is 0 Å². The molecule has 0 aromatic heterocycles. The van der Waals surface area contributed by atoms with Crippen molar-refractivity contribution in [1.82, 2.24) is 10.6 Å². The van der Waals surface area contributed by atoms with Crippen LogP contribution in [0.1, 0.15) is 39.5 Å². The topological polar surface area (TPSA) is 58.2 Å². The summed E-state index contributed by atoms with van der Waals surface area (Å²) in [6.07, 6.45) is 4.39. The first kappa shape index (κ1) is 14.4. The third kappa shape index (κ3) is 4.98. The van der Waals surface area contributed by atoms with Gasteiger partial charge in [0.1, 0.15) is 6.04 Å². The van der Waals surface area contributed by atoms with Crippen molar-refractivity contribution >= 4 is 24.4 Å². The zero-order valence-corrected chi connectivity index (χ0v) is 11.4. The first-order valence-electron chi connectivity index (χ1n) is 6.21. The molecule has 0 spiro atoms. The molecule has 1 atom stereocenters. The van der Waals surface area contributed by atoms with E-state index < -0.39 is 6.04 Å². The molecule has 1 rings (SSSR count). The lowest BCUT2D eigenvalue weighted by Crippen LogP contribution is -2.50. The number of nitrogens with one attached hydrogen (secondary N) is 2. The molecule has 1 unspecified atom stereocenters. The molecule has 0 aliphatic heterocycles. The van der Waals surface area contributed by atoms with Gasteiger partial charge in [0.25, 0.3) is 0 Å². The second-order valence-electron chi connectivity index (χ2n) is 4.90. The van der Waals surface area contributed by atoms with Crippen LogP contribution >= 0.6 is 12.6 Å². The molecule has 1 fully saturated rings. The minimum absolute atomic E-state index is 0.116. The van der Waals surface area contributed by atoms with Crippen LogP contribution in [-0.2, 0) is 9.59 Å². The highest BCUT2D eigenvalue weighted by molar-refractivity contribution is 7.80. The second kappa shape index (κ2) is 6.89. The van der Waals surface area contributed by atoms with Gasteiger partial charge in [0.2, 0.25) is 11.8 Å². The molecule has 1 aliphatic rings. The van der Waals surface area contributed by atoms with Crippen molar-refractivity contribution in [3.8, 4) is 0 Å². The Bertz CT molecular complexity index is 276. The van der Waals surface area contributed by atoms with Crippen LogP contribution in [0.2, 0.25) is 0 Å². The largest absolute Gasteiger partial charge is 0.352 e. The lowest BCUT2D eigenvalue weighted by molar-refractivity contribution is -0.128. The van der Waals surface area contributed by atoms with Crippen molar-refractivity contribution < 1.29 is 9.59 Å². The number of hydrogen-bond acceptors (Lipinski definition) is 3. The van der Waals surface area contributed by atoms with Gasteiger partial charge in [0.05, 0.1) is 0 Å². The molecule has 0 aromatic rings. The average molecular weight is 258 g/mol. The van der Waals surface area contributed by atoms with E-state index in [1.807, 2.05) is 0 Å². The maximum Gasteiger partial charge on any atom is 0.243 e.